The smallest absolute Gasteiger partial charge is 0.248 e. The number of hydrogen-bond acceptors (Lipinski definition) is 5. The number of H-pyrrole nitrogens is 1. The number of rotatable bonds is 7. The van der Waals surface area contributed by atoms with E-state index in [1.807, 2.05) is 30.5 Å². The Morgan fingerprint density at radius 3 is 2.74 bits per heavy atom. The van der Waals surface area contributed by atoms with Crippen molar-refractivity contribution < 1.29 is 13.2 Å². The summed E-state index contributed by atoms with van der Waals surface area (Å²) in [5.41, 5.74) is 8.66. The number of amides is 1. The van der Waals surface area contributed by atoms with E-state index in [1.165, 1.54) is 5.56 Å². The Morgan fingerprint density at radius 2 is 1.94 bits per heavy atom. The van der Waals surface area contributed by atoms with E-state index in [0.717, 1.165) is 42.2 Å². The zero-order chi connectivity index (χ0) is 23.7. The topological polar surface area (TPSA) is 121 Å². The number of primary amides is 1. The summed E-state index contributed by atoms with van der Waals surface area (Å²) >= 11 is 0. The first kappa shape index (κ1) is 22.5. The molecule has 1 amide bonds. The molecule has 1 saturated heterocycles. The summed E-state index contributed by atoms with van der Waals surface area (Å²) in [6, 6.07) is 14.3. The molecule has 0 spiro atoms. The molecule has 4 aromatic rings. The van der Waals surface area contributed by atoms with Crippen molar-refractivity contribution in [3.05, 3.63) is 72.1 Å². The van der Waals surface area contributed by atoms with Gasteiger partial charge >= 0.3 is 0 Å². The molecule has 0 radical (unpaired) electrons. The van der Waals surface area contributed by atoms with E-state index in [1.54, 1.807) is 30.5 Å². The first-order chi connectivity index (χ1) is 16.4. The second-order valence-electron chi connectivity index (χ2n) is 8.71. The van der Waals surface area contributed by atoms with Gasteiger partial charge < -0.3 is 15.6 Å². The Morgan fingerprint density at radius 1 is 1.15 bits per heavy atom. The Balaban J connectivity index is 1.19. The lowest BCUT2D eigenvalue weighted by Gasteiger charge is -2.32. The van der Waals surface area contributed by atoms with E-state index in [9.17, 15) is 13.2 Å². The van der Waals surface area contributed by atoms with Gasteiger partial charge in [0.2, 0.25) is 15.9 Å². The lowest BCUT2D eigenvalue weighted by molar-refractivity contribution is 0.100. The van der Waals surface area contributed by atoms with E-state index in [2.05, 4.69) is 19.6 Å². The van der Waals surface area contributed by atoms with Crippen molar-refractivity contribution in [2.45, 2.75) is 23.7 Å². The second kappa shape index (κ2) is 9.17. The molecule has 176 valence electrons. The maximum absolute atomic E-state index is 12.9. The highest BCUT2D eigenvalue weighted by molar-refractivity contribution is 7.89. The van der Waals surface area contributed by atoms with Crippen molar-refractivity contribution in [3.63, 3.8) is 0 Å². The average molecular weight is 478 g/mol. The highest BCUT2D eigenvalue weighted by Crippen LogP contribution is 2.33. The predicted octanol–water partition coefficient (Wildman–Crippen LogP) is 2.97. The minimum atomic E-state index is -3.65. The molecule has 1 aliphatic heterocycles. The molecule has 1 aliphatic rings. The lowest BCUT2D eigenvalue weighted by Crippen LogP contribution is -2.39. The van der Waals surface area contributed by atoms with Gasteiger partial charge in [0.1, 0.15) is 4.90 Å². The van der Waals surface area contributed by atoms with Gasteiger partial charge in [-0.3, -0.25) is 9.78 Å². The lowest BCUT2D eigenvalue weighted by atomic mass is 9.89. The molecule has 34 heavy (non-hydrogen) atoms. The zero-order valence-electron chi connectivity index (χ0n) is 18.7. The fourth-order valence-corrected chi connectivity index (χ4v) is 6.01. The summed E-state index contributed by atoms with van der Waals surface area (Å²) in [4.78, 5) is 21.6. The van der Waals surface area contributed by atoms with Crippen LogP contribution < -0.4 is 10.5 Å². The molecule has 8 nitrogen and oxygen atoms in total. The maximum Gasteiger partial charge on any atom is 0.248 e. The summed E-state index contributed by atoms with van der Waals surface area (Å²) in [6.45, 7) is 2.74. The number of aromatic amines is 1. The van der Waals surface area contributed by atoms with Gasteiger partial charge in [-0.25, -0.2) is 13.1 Å². The number of fused-ring (bicyclic) bond motifs is 2. The van der Waals surface area contributed by atoms with Gasteiger partial charge in [0.15, 0.2) is 0 Å². The fourth-order valence-electron chi connectivity index (χ4n) is 4.81. The monoisotopic (exact) mass is 477 g/mol. The third-order valence-electron chi connectivity index (χ3n) is 6.63. The number of benzene rings is 2. The van der Waals surface area contributed by atoms with E-state index in [4.69, 9.17) is 5.73 Å². The van der Waals surface area contributed by atoms with Gasteiger partial charge in [0.25, 0.3) is 0 Å². The molecule has 2 aromatic heterocycles. The normalized spacial score (nSPS) is 15.8. The number of carbonyl (C=O) groups excluding carboxylic acids is 1. The van der Waals surface area contributed by atoms with Crippen LogP contribution in [0.3, 0.4) is 0 Å². The molecule has 0 saturated carbocycles. The van der Waals surface area contributed by atoms with Crippen molar-refractivity contribution in [1.29, 1.82) is 0 Å². The average Bonchev–Trinajstić information content (AvgIpc) is 3.27. The number of nitrogens with zero attached hydrogens (tertiary/aromatic N) is 2. The molecule has 1 fully saturated rings. The Hall–Kier alpha value is -3.27. The number of hydrogen-bond donors (Lipinski definition) is 3. The van der Waals surface area contributed by atoms with E-state index in [0.29, 0.717) is 30.1 Å². The number of carbonyl (C=O) groups is 1. The molecule has 0 aliphatic carbocycles. The van der Waals surface area contributed by atoms with Crippen molar-refractivity contribution in [2.75, 3.05) is 26.2 Å². The SMILES string of the molecule is NC(=O)c1ccc2[nH]cc(C3CCN(CCNS(=O)(=O)c4cccc5cccnc45)CC3)c2c1. The molecule has 9 heteroatoms. The first-order valence-corrected chi connectivity index (χ1v) is 12.9. The largest absolute Gasteiger partial charge is 0.366 e. The third-order valence-corrected chi connectivity index (χ3v) is 8.12. The van der Waals surface area contributed by atoms with Crippen LogP contribution in [0.5, 0.6) is 0 Å². The molecule has 5 rings (SSSR count). The van der Waals surface area contributed by atoms with Crippen LogP contribution in [-0.2, 0) is 10.0 Å². The number of nitrogens with one attached hydrogen (secondary N) is 2. The van der Waals surface area contributed by atoms with Crippen LogP contribution in [-0.4, -0.2) is 55.4 Å². The van der Waals surface area contributed by atoms with Crippen molar-refractivity contribution in [1.82, 2.24) is 19.6 Å². The molecule has 2 aromatic carbocycles. The van der Waals surface area contributed by atoms with Crippen LogP contribution in [0.15, 0.2) is 65.8 Å². The minimum absolute atomic E-state index is 0.207. The van der Waals surface area contributed by atoms with E-state index < -0.39 is 15.9 Å². The maximum atomic E-state index is 12.9. The second-order valence-corrected chi connectivity index (χ2v) is 10.4. The van der Waals surface area contributed by atoms with Crippen molar-refractivity contribution in [3.8, 4) is 0 Å². The quantitative estimate of drug-likeness (QED) is 0.378. The van der Waals surface area contributed by atoms with Crippen LogP contribution in [0, 0.1) is 0 Å². The number of sulfonamides is 1. The summed E-state index contributed by atoms with van der Waals surface area (Å²) in [6.07, 6.45) is 5.57. The summed E-state index contributed by atoms with van der Waals surface area (Å²) in [5.74, 6) is -0.0443. The third kappa shape index (κ3) is 4.42. The molecule has 0 bridgehead atoms. The minimum Gasteiger partial charge on any atom is -0.366 e. The van der Waals surface area contributed by atoms with Gasteiger partial charge in [-0.2, -0.15) is 0 Å². The van der Waals surface area contributed by atoms with Crippen molar-refractivity contribution in [2.24, 2.45) is 5.73 Å². The highest BCUT2D eigenvalue weighted by Gasteiger charge is 2.24. The van der Waals surface area contributed by atoms with Gasteiger partial charge in [-0.05, 0) is 67.7 Å². The van der Waals surface area contributed by atoms with Gasteiger partial charge in [-0.1, -0.05) is 18.2 Å². The number of piperidine rings is 1. The first-order valence-electron chi connectivity index (χ1n) is 11.4. The Bertz CT molecular complexity index is 1450. The number of aromatic nitrogens is 2. The number of nitrogens with two attached hydrogens (primary N) is 1. The van der Waals surface area contributed by atoms with Crippen molar-refractivity contribution >= 4 is 37.7 Å². The van der Waals surface area contributed by atoms with Crippen LogP contribution in [0.4, 0.5) is 0 Å². The standard InChI is InChI=1S/C25H27N5O3S/c26-25(31)19-6-7-22-20(15-19)21(16-28-22)17-8-12-30(13-9-17)14-11-29-34(32,33)23-5-1-3-18-4-2-10-27-24(18)23/h1-7,10,15-17,28-29H,8-9,11-14H2,(H2,26,31). The number of pyridine rings is 1. The molecular formula is C25H27N5O3S. The number of likely N-dealkylation sites (tertiary alicyclic amines) is 1. The summed E-state index contributed by atoms with van der Waals surface area (Å²) in [7, 11) is -3.65. The Kier molecular flexibility index (Phi) is 6.07. The number of para-hydroxylation sites is 1. The molecule has 0 unspecified atom stereocenters. The molecular weight excluding hydrogens is 450 g/mol. The predicted molar refractivity (Wildman–Crippen MR) is 132 cm³/mol. The zero-order valence-corrected chi connectivity index (χ0v) is 19.5. The summed E-state index contributed by atoms with van der Waals surface area (Å²) < 4.78 is 28.5. The fraction of sp³-hybridized carbons (Fsp3) is 0.280. The molecule has 4 N–H and O–H groups in total. The summed E-state index contributed by atoms with van der Waals surface area (Å²) in [5, 5.41) is 1.85. The van der Waals surface area contributed by atoms with Crippen LogP contribution in [0.25, 0.3) is 21.8 Å². The van der Waals surface area contributed by atoms with Crippen LogP contribution >= 0.6 is 0 Å². The van der Waals surface area contributed by atoms with Crippen LogP contribution in [0.2, 0.25) is 0 Å². The molecule has 0 atom stereocenters. The Labute approximate surface area is 198 Å². The molecule has 3 heterocycles. The van der Waals surface area contributed by atoms with Gasteiger partial charge in [0, 0.05) is 47.3 Å². The van der Waals surface area contributed by atoms with E-state index in [-0.39, 0.29) is 4.90 Å². The van der Waals surface area contributed by atoms with Gasteiger partial charge in [-0.15, -0.1) is 0 Å². The van der Waals surface area contributed by atoms with Gasteiger partial charge in [0.05, 0.1) is 5.52 Å². The van der Waals surface area contributed by atoms with Crippen LogP contribution in [0.1, 0.15) is 34.7 Å². The highest BCUT2D eigenvalue weighted by atomic mass is 32.2. The van der Waals surface area contributed by atoms with E-state index >= 15 is 0 Å².